The van der Waals surface area contributed by atoms with Gasteiger partial charge in [0.05, 0.1) is 5.69 Å². The zero-order chi connectivity index (χ0) is 20.4. The number of fused-ring (bicyclic) bond motifs is 1. The highest BCUT2D eigenvalue weighted by Crippen LogP contribution is 2.38. The Hall–Kier alpha value is -3.48. The predicted molar refractivity (Wildman–Crippen MR) is 107 cm³/mol. The van der Waals surface area contributed by atoms with E-state index in [0.717, 1.165) is 32.1 Å². The lowest BCUT2D eigenvalue weighted by molar-refractivity contribution is -0.123. The molecule has 7 heteroatoms. The summed E-state index contributed by atoms with van der Waals surface area (Å²) in [7, 11) is 0. The third-order valence-corrected chi connectivity index (χ3v) is 5.40. The van der Waals surface area contributed by atoms with E-state index in [0.29, 0.717) is 16.5 Å². The van der Waals surface area contributed by atoms with E-state index in [1.54, 1.807) is 36.4 Å². The third kappa shape index (κ3) is 3.63. The molecule has 2 N–H and O–H groups in total. The maximum atomic E-state index is 12.2. The van der Waals surface area contributed by atoms with Crippen LogP contribution in [0.5, 0.6) is 11.8 Å². The number of amides is 2. The molecule has 1 fully saturated rings. The van der Waals surface area contributed by atoms with E-state index in [2.05, 4.69) is 10.2 Å². The van der Waals surface area contributed by atoms with Gasteiger partial charge in [-0.15, -0.1) is 10.2 Å². The van der Waals surface area contributed by atoms with Gasteiger partial charge >= 0.3 is 0 Å². The van der Waals surface area contributed by atoms with Crippen molar-refractivity contribution in [2.75, 3.05) is 0 Å². The summed E-state index contributed by atoms with van der Waals surface area (Å²) in [5.74, 6) is -1.24. The first-order valence-electron chi connectivity index (χ1n) is 9.68. The van der Waals surface area contributed by atoms with Gasteiger partial charge in [0, 0.05) is 22.3 Å². The Morgan fingerprint density at radius 1 is 0.828 bits per heavy atom. The van der Waals surface area contributed by atoms with Gasteiger partial charge in [-0.1, -0.05) is 31.4 Å². The van der Waals surface area contributed by atoms with E-state index >= 15 is 0 Å². The van der Waals surface area contributed by atoms with Crippen LogP contribution in [0.15, 0.2) is 58.8 Å². The summed E-state index contributed by atoms with van der Waals surface area (Å²) in [5.41, 5.74) is 0.757. The molecule has 0 radical (unpaired) electrons. The second-order valence-electron chi connectivity index (χ2n) is 7.25. The quantitative estimate of drug-likeness (QED) is 0.629. The van der Waals surface area contributed by atoms with Crippen LogP contribution in [0.25, 0.3) is 16.5 Å². The molecule has 0 bridgehead atoms. The SMILES string of the molecule is O=C(N=NC(=O)C1CCCCC1)c1ccc(-n2c(O)c3ccccc3c2O)cc1. The van der Waals surface area contributed by atoms with Gasteiger partial charge in [-0.25, -0.2) is 0 Å². The van der Waals surface area contributed by atoms with Gasteiger partial charge in [0.2, 0.25) is 11.8 Å². The minimum atomic E-state index is -0.605. The highest BCUT2D eigenvalue weighted by molar-refractivity contribution is 5.96. The molecule has 2 amide bonds. The van der Waals surface area contributed by atoms with Crippen molar-refractivity contribution in [2.45, 2.75) is 32.1 Å². The van der Waals surface area contributed by atoms with Crippen LogP contribution in [0.3, 0.4) is 0 Å². The number of hydrogen-bond acceptors (Lipinski definition) is 4. The fourth-order valence-electron chi connectivity index (χ4n) is 3.80. The van der Waals surface area contributed by atoms with Crippen molar-refractivity contribution in [3.05, 3.63) is 54.1 Å². The molecule has 3 aromatic rings. The van der Waals surface area contributed by atoms with E-state index in [-0.39, 0.29) is 29.1 Å². The lowest BCUT2D eigenvalue weighted by Crippen LogP contribution is -2.15. The van der Waals surface area contributed by atoms with E-state index in [1.807, 2.05) is 0 Å². The molecule has 0 aliphatic heterocycles. The molecule has 7 nitrogen and oxygen atoms in total. The average Bonchev–Trinajstić information content (AvgIpc) is 3.03. The van der Waals surface area contributed by atoms with Gasteiger partial charge in [-0.3, -0.25) is 14.2 Å². The summed E-state index contributed by atoms with van der Waals surface area (Å²) in [4.78, 5) is 24.3. The summed E-state index contributed by atoms with van der Waals surface area (Å²) in [6, 6.07) is 13.2. The number of nitrogens with zero attached hydrogens (tertiary/aromatic N) is 3. The zero-order valence-electron chi connectivity index (χ0n) is 15.8. The van der Waals surface area contributed by atoms with Gasteiger partial charge in [-0.05, 0) is 49.2 Å². The standard InChI is InChI=1S/C22H21N3O4/c26-19(14-6-2-1-3-7-14)23-24-20(27)15-10-12-16(13-11-15)25-21(28)17-8-4-5-9-18(17)22(25)29/h4-5,8-14,28-29H,1-3,6-7H2. The Kier molecular flexibility index (Phi) is 5.12. The van der Waals surface area contributed by atoms with Crippen LogP contribution in [-0.2, 0) is 4.79 Å². The molecule has 1 heterocycles. The Morgan fingerprint density at radius 2 is 1.41 bits per heavy atom. The van der Waals surface area contributed by atoms with Crippen molar-refractivity contribution in [1.82, 2.24) is 4.57 Å². The Labute approximate surface area is 167 Å². The van der Waals surface area contributed by atoms with Crippen LogP contribution < -0.4 is 0 Å². The lowest BCUT2D eigenvalue weighted by atomic mass is 9.89. The normalized spacial score (nSPS) is 15.2. The van der Waals surface area contributed by atoms with Crippen molar-refractivity contribution in [3.63, 3.8) is 0 Å². The summed E-state index contributed by atoms with van der Waals surface area (Å²) in [5, 5.41) is 29.1. The van der Waals surface area contributed by atoms with E-state index in [9.17, 15) is 19.8 Å². The molecule has 1 aliphatic carbocycles. The van der Waals surface area contributed by atoms with Crippen LogP contribution in [0.1, 0.15) is 42.5 Å². The molecule has 4 rings (SSSR count). The van der Waals surface area contributed by atoms with E-state index in [4.69, 9.17) is 0 Å². The number of aromatic nitrogens is 1. The van der Waals surface area contributed by atoms with E-state index in [1.165, 1.54) is 16.7 Å². The van der Waals surface area contributed by atoms with Crippen LogP contribution in [0, 0.1) is 5.92 Å². The second-order valence-corrected chi connectivity index (χ2v) is 7.25. The predicted octanol–water partition coefficient (Wildman–Crippen LogP) is 4.74. The lowest BCUT2D eigenvalue weighted by Gasteiger charge is -2.17. The number of benzene rings is 2. The number of azo groups is 1. The first kappa shape index (κ1) is 18.9. The van der Waals surface area contributed by atoms with Gasteiger partial charge in [0.15, 0.2) is 0 Å². The largest absolute Gasteiger partial charge is 0.494 e. The van der Waals surface area contributed by atoms with Gasteiger partial charge in [0.1, 0.15) is 0 Å². The van der Waals surface area contributed by atoms with E-state index < -0.39 is 5.91 Å². The highest BCUT2D eigenvalue weighted by Gasteiger charge is 2.21. The zero-order valence-corrected chi connectivity index (χ0v) is 15.8. The summed E-state index contributed by atoms with van der Waals surface area (Å²) >= 11 is 0. The number of hydrogen-bond donors (Lipinski definition) is 2. The summed E-state index contributed by atoms with van der Waals surface area (Å²) < 4.78 is 1.30. The Bertz CT molecular complexity index is 1050. The topological polar surface area (TPSA) is 104 Å². The fraction of sp³-hybridized carbons (Fsp3) is 0.273. The molecule has 1 aliphatic rings. The van der Waals surface area contributed by atoms with Gasteiger partial charge < -0.3 is 10.2 Å². The van der Waals surface area contributed by atoms with Crippen molar-refractivity contribution in [2.24, 2.45) is 16.1 Å². The molecule has 2 aromatic carbocycles. The summed E-state index contributed by atoms with van der Waals surface area (Å²) in [6.07, 6.45) is 4.76. The van der Waals surface area contributed by atoms with Crippen LogP contribution >= 0.6 is 0 Å². The molecule has 0 atom stereocenters. The smallest absolute Gasteiger partial charge is 0.295 e. The minimum Gasteiger partial charge on any atom is -0.494 e. The molecule has 0 unspecified atom stereocenters. The number of carbonyl (C=O) groups excluding carboxylic acids is 2. The molecular weight excluding hydrogens is 370 g/mol. The van der Waals surface area contributed by atoms with Crippen LogP contribution in [0.2, 0.25) is 0 Å². The first-order chi connectivity index (χ1) is 14.1. The molecular formula is C22H21N3O4. The monoisotopic (exact) mass is 391 g/mol. The molecule has 29 heavy (non-hydrogen) atoms. The maximum absolute atomic E-state index is 12.2. The molecule has 148 valence electrons. The van der Waals surface area contributed by atoms with Crippen molar-refractivity contribution in [3.8, 4) is 17.4 Å². The van der Waals surface area contributed by atoms with Gasteiger partial charge in [-0.2, -0.15) is 0 Å². The summed E-state index contributed by atoms with van der Waals surface area (Å²) in [6.45, 7) is 0. The molecule has 1 aromatic heterocycles. The second kappa shape index (κ2) is 7.87. The van der Waals surface area contributed by atoms with Crippen molar-refractivity contribution >= 4 is 22.6 Å². The molecule has 0 spiro atoms. The van der Waals surface area contributed by atoms with Crippen molar-refractivity contribution in [1.29, 1.82) is 0 Å². The highest BCUT2D eigenvalue weighted by atomic mass is 16.3. The Balaban J connectivity index is 1.53. The number of aromatic hydroxyl groups is 2. The molecule has 0 saturated heterocycles. The Morgan fingerprint density at radius 3 is 2.00 bits per heavy atom. The van der Waals surface area contributed by atoms with Crippen LogP contribution in [0.4, 0.5) is 0 Å². The van der Waals surface area contributed by atoms with Crippen LogP contribution in [-0.4, -0.2) is 26.6 Å². The minimum absolute atomic E-state index is 0.0880. The number of carbonyl (C=O) groups is 2. The third-order valence-electron chi connectivity index (χ3n) is 5.40. The fourth-order valence-corrected chi connectivity index (χ4v) is 3.80. The first-order valence-corrected chi connectivity index (χ1v) is 9.68. The van der Waals surface area contributed by atoms with Gasteiger partial charge in [0.25, 0.3) is 11.8 Å². The molecule has 1 saturated carbocycles. The maximum Gasteiger partial charge on any atom is 0.295 e. The average molecular weight is 391 g/mol. The van der Waals surface area contributed by atoms with Crippen molar-refractivity contribution < 1.29 is 19.8 Å². The number of rotatable bonds is 3.